The van der Waals surface area contributed by atoms with Crippen LogP contribution in [0.15, 0.2) is 24.3 Å². The molecular formula is C11H14O. The van der Waals surface area contributed by atoms with Gasteiger partial charge in [0.1, 0.15) is 5.78 Å². The van der Waals surface area contributed by atoms with Crippen molar-refractivity contribution in [3.8, 4) is 0 Å². The molecule has 0 aliphatic heterocycles. The van der Waals surface area contributed by atoms with E-state index in [1.165, 1.54) is 5.57 Å². The van der Waals surface area contributed by atoms with Gasteiger partial charge < -0.3 is 0 Å². The first-order chi connectivity index (χ1) is 5.59. The second-order valence-electron chi connectivity index (χ2n) is 4.20. The van der Waals surface area contributed by atoms with E-state index in [-0.39, 0.29) is 11.3 Å². The van der Waals surface area contributed by atoms with Crippen molar-refractivity contribution in [2.75, 3.05) is 0 Å². The maximum absolute atomic E-state index is 11.6. The van der Waals surface area contributed by atoms with Gasteiger partial charge in [0.25, 0.3) is 0 Å². The lowest BCUT2D eigenvalue weighted by Crippen LogP contribution is -2.52. The summed E-state index contributed by atoms with van der Waals surface area (Å²) in [6.07, 6.45) is 5.03. The zero-order valence-electron chi connectivity index (χ0n) is 7.63. The fourth-order valence-electron chi connectivity index (χ4n) is 2.52. The van der Waals surface area contributed by atoms with Crippen molar-refractivity contribution >= 4 is 5.78 Å². The lowest BCUT2D eigenvalue weighted by atomic mass is 9.55. The molecular weight excluding hydrogens is 148 g/mol. The molecule has 0 saturated heterocycles. The molecule has 2 rings (SSSR count). The van der Waals surface area contributed by atoms with Gasteiger partial charge in [0.05, 0.1) is 5.41 Å². The molecule has 1 nitrogen and oxygen atoms in total. The number of hydrogen-bond acceptors (Lipinski definition) is 1. The number of rotatable bonds is 1. The number of Topliss-reactive ketones (excluding diaryl/α,β-unsaturated/α-hetero) is 1. The molecule has 0 heterocycles. The van der Waals surface area contributed by atoms with Crippen LogP contribution >= 0.6 is 0 Å². The van der Waals surface area contributed by atoms with Gasteiger partial charge in [0.15, 0.2) is 0 Å². The Morgan fingerprint density at radius 3 is 3.00 bits per heavy atom. The molecule has 0 amide bonds. The Kier molecular flexibility index (Phi) is 1.36. The van der Waals surface area contributed by atoms with E-state index in [4.69, 9.17) is 0 Å². The average Bonchev–Trinajstić information content (AvgIpc) is 2.43. The summed E-state index contributed by atoms with van der Waals surface area (Å²) in [6.45, 7) is 7.85. The zero-order valence-corrected chi connectivity index (χ0v) is 7.63. The second kappa shape index (κ2) is 2.09. The third-order valence-corrected chi connectivity index (χ3v) is 3.42. The Labute approximate surface area is 73.2 Å². The molecule has 0 spiro atoms. The van der Waals surface area contributed by atoms with Crippen LogP contribution in [0.1, 0.15) is 20.3 Å². The van der Waals surface area contributed by atoms with Crippen LogP contribution in [-0.2, 0) is 4.79 Å². The summed E-state index contributed by atoms with van der Waals surface area (Å²) in [5, 5.41) is 0. The molecule has 64 valence electrons. The van der Waals surface area contributed by atoms with E-state index in [1.807, 2.05) is 13.0 Å². The molecule has 2 aliphatic rings. The fourth-order valence-corrected chi connectivity index (χ4v) is 2.52. The highest BCUT2D eigenvalue weighted by atomic mass is 16.1. The highest BCUT2D eigenvalue weighted by Crippen LogP contribution is 2.55. The molecule has 1 unspecified atom stereocenters. The number of carbonyl (C=O) groups is 1. The van der Waals surface area contributed by atoms with E-state index >= 15 is 0 Å². The van der Waals surface area contributed by atoms with Gasteiger partial charge in [-0.3, -0.25) is 4.79 Å². The number of fused-ring (bicyclic) bond motifs is 1. The highest BCUT2D eigenvalue weighted by Gasteiger charge is 2.57. The fraction of sp³-hybridized carbons (Fsp3) is 0.545. The minimum Gasteiger partial charge on any atom is -0.298 e. The summed E-state index contributed by atoms with van der Waals surface area (Å²) in [4.78, 5) is 11.6. The Bertz CT molecular complexity index is 287. The molecule has 3 atom stereocenters. The van der Waals surface area contributed by atoms with Gasteiger partial charge in [-0.25, -0.2) is 0 Å². The quantitative estimate of drug-likeness (QED) is 0.541. The molecule has 1 fully saturated rings. The van der Waals surface area contributed by atoms with Crippen LogP contribution in [0.2, 0.25) is 0 Å². The summed E-state index contributed by atoms with van der Waals surface area (Å²) < 4.78 is 0. The molecule has 12 heavy (non-hydrogen) atoms. The molecule has 1 heteroatoms. The average molecular weight is 162 g/mol. The van der Waals surface area contributed by atoms with E-state index in [1.54, 1.807) is 0 Å². The van der Waals surface area contributed by atoms with E-state index in [0.29, 0.717) is 11.7 Å². The van der Waals surface area contributed by atoms with Crippen LogP contribution in [0.4, 0.5) is 0 Å². The maximum atomic E-state index is 11.6. The van der Waals surface area contributed by atoms with Crippen LogP contribution in [-0.4, -0.2) is 5.78 Å². The molecule has 0 aromatic rings. The molecule has 0 aromatic heterocycles. The van der Waals surface area contributed by atoms with Gasteiger partial charge in [-0.05, 0) is 20.3 Å². The Morgan fingerprint density at radius 2 is 2.42 bits per heavy atom. The first kappa shape index (κ1) is 7.78. The van der Waals surface area contributed by atoms with E-state index in [0.717, 1.165) is 6.42 Å². The minimum atomic E-state index is -0.248. The first-order valence-electron chi connectivity index (χ1n) is 4.45. The van der Waals surface area contributed by atoms with Gasteiger partial charge in [-0.2, -0.15) is 0 Å². The molecule has 1 saturated carbocycles. The maximum Gasteiger partial charge on any atom is 0.147 e. The predicted octanol–water partition coefficient (Wildman–Crippen LogP) is 2.34. The van der Waals surface area contributed by atoms with E-state index < -0.39 is 0 Å². The van der Waals surface area contributed by atoms with Gasteiger partial charge in [0.2, 0.25) is 0 Å². The van der Waals surface area contributed by atoms with Crippen molar-refractivity contribution in [3.63, 3.8) is 0 Å². The summed E-state index contributed by atoms with van der Waals surface area (Å²) in [5.41, 5.74) is 1.12. The summed E-state index contributed by atoms with van der Waals surface area (Å²) in [7, 11) is 0. The Hall–Kier alpha value is -0.850. The molecule has 0 radical (unpaired) electrons. The minimum absolute atomic E-state index is 0.248. The Balaban J connectivity index is 2.33. The Morgan fingerprint density at radius 1 is 1.75 bits per heavy atom. The first-order valence-corrected chi connectivity index (χ1v) is 4.45. The van der Waals surface area contributed by atoms with Gasteiger partial charge in [0, 0.05) is 11.8 Å². The smallest absolute Gasteiger partial charge is 0.147 e. The molecule has 2 aliphatic carbocycles. The molecule has 0 N–H and O–H groups in total. The third kappa shape index (κ3) is 0.669. The van der Waals surface area contributed by atoms with Crippen molar-refractivity contribution in [1.29, 1.82) is 0 Å². The van der Waals surface area contributed by atoms with Crippen molar-refractivity contribution in [2.45, 2.75) is 20.3 Å². The second-order valence-corrected chi connectivity index (χ2v) is 4.20. The van der Waals surface area contributed by atoms with Crippen molar-refractivity contribution in [2.24, 2.45) is 17.3 Å². The third-order valence-electron chi connectivity index (χ3n) is 3.42. The standard InChI is InChI=1S/C11H14O/c1-4-11(3)9-6-7(2)5-8(9)10(11)12/h4,6,8-9H,1,5H2,2-3H3/t8-,9+,11?/m0/s1. The van der Waals surface area contributed by atoms with Crippen LogP contribution in [0.5, 0.6) is 0 Å². The van der Waals surface area contributed by atoms with Gasteiger partial charge >= 0.3 is 0 Å². The van der Waals surface area contributed by atoms with Gasteiger partial charge in [-0.1, -0.05) is 17.7 Å². The number of allylic oxidation sites excluding steroid dienone is 3. The summed E-state index contributed by atoms with van der Waals surface area (Å²) >= 11 is 0. The van der Waals surface area contributed by atoms with E-state index in [9.17, 15) is 4.79 Å². The topological polar surface area (TPSA) is 17.1 Å². The zero-order chi connectivity index (χ0) is 8.93. The van der Waals surface area contributed by atoms with Crippen molar-refractivity contribution < 1.29 is 4.79 Å². The SMILES string of the molecule is C=CC1(C)C(=O)[C@H]2CC(C)=C[C@H]21. The van der Waals surface area contributed by atoms with Crippen LogP contribution in [0.3, 0.4) is 0 Å². The summed E-state index contributed by atoms with van der Waals surface area (Å²) in [5.74, 6) is 1.12. The van der Waals surface area contributed by atoms with Crippen LogP contribution < -0.4 is 0 Å². The predicted molar refractivity (Wildman–Crippen MR) is 48.7 cm³/mol. The number of ketones is 1. The largest absolute Gasteiger partial charge is 0.298 e. The lowest BCUT2D eigenvalue weighted by molar-refractivity contribution is -0.145. The molecule has 0 aromatic carbocycles. The molecule has 0 bridgehead atoms. The van der Waals surface area contributed by atoms with Crippen molar-refractivity contribution in [1.82, 2.24) is 0 Å². The van der Waals surface area contributed by atoms with Crippen LogP contribution in [0, 0.1) is 17.3 Å². The number of hydrogen-bond donors (Lipinski definition) is 0. The number of carbonyl (C=O) groups excluding carboxylic acids is 1. The van der Waals surface area contributed by atoms with Crippen LogP contribution in [0.25, 0.3) is 0 Å². The summed E-state index contributed by atoms with van der Waals surface area (Å²) in [6, 6.07) is 0. The van der Waals surface area contributed by atoms with Crippen molar-refractivity contribution in [3.05, 3.63) is 24.3 Å². The highest BCUT2D eigenvalue weighted by molar-refractivity contribution is 5.97. The monoisotopic (exact) mass is 162 g/mol. The normalized spacial score (nSPS) is 44.8. The lowest BCUT2D eigenvalue weighted by Gasteiger charge is -2.45. The van der Waals surface area contributed by atoms with Gasteiger partial charge in [-0.15, -0.1) is 6.58 Å². The van der Waals surface area contributed by atoms with E-state index in [2.05, 4.69) is 19.6 Å².